The van der Waals surface area contributed by atoms with Gasteiger partial charge in [-0.1, -0.05) is 11.6 Å². The largest absolute Gasteiger partial charge is 0.493 e. The van der Waals surface area contributed by atoms with Crippen LogP contribution in [0.1, 0.15) is 23.7 Å². The first-order valence-corrected chi connectivity index (χ1v) is 7.42. The maximum Gasteiger partial charge on any atom is 0.343 e. The van der Waals surface area contributed by atoms with E-state index in [-0.39, 0.29) is 29.3 Å². The molecular formula is C15H17ClFNO5. The summed E-state index contributed by atoms with van der Waals surface area (Å²) in [5.41, 5.74) is -2.22. The lowest BCUT2D eigenvalue weighted by atomic mass is 10.1. The number of carbonyl (C=O) groups excluding carboxylic acids is 1. The van der Waals surface area contributed by atoms with Crippen LogP contribution in [0, 0.1) is 0 Å². The average molecular weight is 346 g/mol. The van der Waals surface area contributed by atoms with Crippen LogP contribution in [-0.2, 0) is 4.79 Å². The zero-order chi connectivity index (χ0) is 17.2. The number of rotatable bonds is 5. The number of nitrogens with zero attached hydrogens (tertiary/aromatic N) is 1. The molecule has 1 fully saturated rings. The molecule has 2 rings (SSSR count). The molecule has 6 nitrogen and oxygen atoms in total. The van der Waals surface area contributed by atoms with Gasteiger partial charge in [0, 0.05) is 18.5 Å². The second-order valence-electron chi connectivity index (χ2n) is 5.17. The van der Waals surface area contributed by atoms with Crippen molar-refractivity contribution in [1.82, 2.24) is 4.90 Å². The average Bonchev–Trinajstić information content (AvgIpc) is 2.92. The van der Waals surface area contributed by atoms with Gasteiger partial charge in [0.1, 0.15) is 0 Å². The number of alkyl halides is 1. The van der Waals surface area contributed by atoms with Gasteiger partial charge in [-0.05, 0) is 19.1 Å². The number of hydrogen-bond acceptors (Lipinski definition) is 4. The van der Waals surface area contributed by atoms with Gasteiger partial charge >= 0.3 is 5.97 Å². The van der Waals surface area contributed by atoms with Crippen molar-refractivity contribution in [2.24, 2.45) is 0 Å². The smallest absolute Gasteiger partial charge is 0.343 e. The van der Waals surface area contributed by atoms with E-state index < -0.39 is 24.1 Å². The molecule has 1 aromatic rings. The predicted molar refractivity (Wildman–Crippen MR) is 81.2 cm³/mol. The highest BCUT2D eigenvalue weighted by molar-refractivity contribution is 6.32. The summed E-state index contributed by atoms with van der Waals surface area (Å²) in [5.74, 6) is -1.46. The van der Waals surface area contributed by atoms with Crippen LogP contribution in [0.25, 0.3) is 0 Å². The van der Waals surface area contributed by atoms with E-state index >= 15 is 0 Å². The van der Waals surface area contributed by atoms with Gasteiger partial charge in [-0.3, -0.25) is 4.79 Å². The standard InChI is InChI=1S/C15H17ClFNO5/c1-3-23-12-10(16)6-9(7-11(12)22-2)13(19)18-5-4-15(17,8-18)14(20)21/h6-7H,3-5,8H2,1-2H3,(H,20,21). The normalized spacial score (nSPS) is 20.4. The molecule has 126 valence electrons. The number of carboxylic acids is 1. The van der Waals surface area contributed by atoms with Crippen LogP contribution in [0.15, 0.2) is 12.1 Å². The van der Waals surface area contributed by atoms with E-state index in [0.717, 1.165) is 4.90 Å². The highest BCUT2D eigenvalue weighted by Gasteiger charge is 2.47. The molecule has 1 aliphatic rings. The van der Waals surface area contributed by atoms with Crippen LogP contribution < -0.4 is 9.47 Å². The zero-order valence-electron chi connectivity index (χ0n) is 12.8. The molecule has 1 N–H and O–H groups in total. The predicted octanol–water partition coefficient (Wildman–Crippen LogP) is 2.39. The Morgan fingerprint density at radius 2 is 2.17 bits per heavy atom. The topological polar surface area (TPSA) is 76.1 Å². The van der Waals surface area contributed by atoms with Crippen molar-refractivity contribution in [3.63, 3.8) is 0 Å². The number of hydrogen-bond donors (Lipinski definition) is 1. The molecule has 0 saturated carbocycles. The number of benzene rings is 1. The summed E-state index contributed by atoms with van der Waals surface area (Å²) < 4.78 is 24.6. The minimum Gasteiger partial charge on any atom is -0.493 e. The minimum absolute atomic E-state index is 0.0226. The summed E-state index contributed by atoms with van der Waals surface area (Å²) >= 11 is 6.11. The van der Waals surface area contributed by atoms with E-state index in [1.165, 1.54) is 19.2 Å². The van der Waals surface area contributed by atoms with Crippen LogP contribution >= 0.6 is 11.6 Å². The van der Waals surface area contributed by atoms with Gasteiger partial charge in [-0.15, -0.1) is 0 Å². The summed E-state index contributed by atoms with van der Waals surface area (Å²) in [7, 11) is 1.41. The molecule has 1 atom stereocenters. The third-order valence-corrected chi connectivity index (χ3v) is 3.94. The Morgan fingerprint density at radius 3 is 2.70 bits per heavy atom. The quantitative estimate of drug-likeness (QED) is 0.886. The molecule has 8 heteroatoms. The Balaban J connectivity index is 2.27. The number of halogens is 2. The van der Waals surface area contributed by atoms with Gasteiger partial charge in [-0.2, -0.15) is 0 Å². The lowest BCUT2D eigenvalue weighted by Crippen LogP contribution is -2.38. The highest BCUT2D eigenvalue weighted by atomic mass is 35.5. The number of methoxy groups -OCH3 is 1. The van der Waals surface area contributed by atoms with E-state index in [0.29, 0.717) is 12.4 Å². The highest BCUT2D eigenvalue weighted by Crippen LogP contribution is 2.37. The van der Waals surface area contributed by atoms with E-state index in [9.17, 15) is 14.0 Å². The SMILES string of the molecule is CCOc1c(Cl)cc(C(=O)N2CCC(F)(C(=O)O)C2)cc1OC. The van der Waals surface area contributed by atoms with Gasteiger partial charge in [0.05, 0.1) is 25.3 Å². The van der Waals surface area contributed by atoms with Crippen molar-refractivity contribution in [2.45, 2.75) is 19.0 Å². The van der Waals surface area contributed by atoms with Gasteiger partial charge in [0.25, 0.3) is 5.91 Å². The molecule has 0 bridgehead atoms. The third kappa shape index (κ3) is 3.34. The molecule has 1 saturated heterocycles. The third-order valence-electron chi connectivity index (χ3n) is 3.66. The molecule has 23 heavy (non-hydrogen) atoms. The maximum atomic E-state index is 14.1. The number of carboxylic acid groups (broad SMARTS) is 1. The van der Waals surface area contributed by atoms with E-state index in [2.05, 4.69) is 0 Å². The van der Waals surface area contributed by atoms with Crippen LogP contribution in [0.5, 0.6) is 11.5 Å². The first kappa shape index (κ1) is 17.3. The number of aliphatic carboxylic acids is 1. The van der Waals surface area contributed by atoms with Crippen LogP contribution in [0.4, 0.5) is 4.39 Å². The van der Waals surface area contributed by atoms with Crippen molar-refractivity contribution >= 4 is 23.5 Å². The van der Waals surface area contributed by atoms with Crippen molar-refractivity contribution in [1.29, 1.82) is 0 Å². The lowest BCUT2D eigenvalue weighted by Gasteiger charge is -2.19. The molecule has 1 heterocycles. The van der Waals surface area contributed by atoms with Gasteiger partial charge in [-0.25, -0.2) is 9.18 Å². The Kier molecular flexibility index (Phi) is 4.99. The molecule has 0 spiro atoms. The molecule has 0 aromatic heterocycles. The number of carbonyl (C=O) groups is 2. The fraction of sp³-hybridized carbons (Fsp3) is 0.467. The fourth-order valence-electron chi connectivity index (χ4n) is 2.43. The Morgan fingerprint density at radius 1 is 1.48 bits per heavy atom. The minimum atomic E-state index is -2.41. The summed E-state index contributed by atoms with van der Waals surface area (Å²) in [5, 5.41) is 9.09. The van der Waals surface area contributed by atoms with Gasteiger partial charge in [0.15, 0.2) is 11.5 Å². The second kappa shape index (κ2) is 6.62. The molecule has 1 aliphatic heterocycles. The van der Waals surface area contributed by atoms with Gasteiger partial charge in [0.2, 0.25) is 5.67 Å². The zero-order valence-corrected chi connectivity index (χ0v) is 13.5. The maximum absolute atomic E-state index is 14.1. The monoisotopic (exact) mass is 345 g/mol. The van der Waals surface area contributed by atoms with Crippen LogP contribution in [0.2, 0.25) is 5.02 Å². The molecule has 0 aliphatic carbocycles. The molecule has 1 aromatic carbocycles. The van der Waals surface area contributed by atoms with Crippen molar-refractivity contribution in [2.75, 3.05) is 26.8 Å². The molecule has 1 amide bonds. The van der Waals surface area contributed by atoms with E-state index in [4.69, 9.17) is 26.2 Å². The first-order chi connectivity index (χ1) is 10.8. The number of amides is 1. The van der Waals surface area contributed by atoms with Gasteiger partial charge < -0.3 is 19.5 Å². The fourth-order valence-corrected chi connectivity index (χ4v) is 2.70. The number of ether oxygens (including phenoxy) is 2. The molecule has 1 unspecified atom stereocenters. The molecular weight excluding hydrogens is 329 g/mol. The van der Waals surface area contributed by atoms with Crippen molar-refractivity contribution in [3.05, 3.63) is 22.7 Å². The Bertz CT molecular complexity index is 639. The Hall–Kier alpha value is -2.02. The first-order valence-electron chi connectivity index (χ1n) is 7.04. The lowest BCUT2D eigenvalue weighted by molar-refractivity contribution is -0.149. The van der Waals surface area contributed by atoms with Crippen molar-refractivity contribution < 1.29 is 28.6 Å². The van der Waals surface area contributed by atoms with E-state index in [1.807, 2.05) is 0 Å². The summed E-state index contributed by atoms with van der Waals surface area (Å²) in [6, 6.07) is 2.84. The summed E-state index contributed by atoms with van der Waals surface area (Å²) in [6.45, 7) is 1.69. The van der Waals surface area contributed by atoms with Crippen LogP contribution in [-0.4, -0.2) is 54.4 Å². The number of likely N-dealkylation sites (tertiary alicyclic amines) is 1. The van der Waals surface area contributed by atoms with Crippen LogP contribution in [0.3, 0.4) is 0 Å². The van der Waals surface area contributed by atoms with E-state index in [1.54, 1.807) is 6.92 Å². The summed E-state index contributed by atoms with van der Waals surface area (Å²) in [4.78, 5) is 24.5. The second-order valence-corrected chi connectivity index (χ2v) is 5.58. The van der Waals surface area contributed by atoms with Crippen molar-refractivity contribution in [3.8, 4) is 11.5 Å². The summed E-state index contributed by atoms with van der Waals surface area (Å²) in [6.07, 6.45) is -0.240. The molecule has 0 radical (unpaired) electrons. The Labute approximate surface area is 137 Å².